The third-order valence-corrected chi connectivity index (χ3v) is 6.30. The van der Waals surface area contributed by atoms with E-state index in [1.54, 1.807) is 0 Å². The molecular weight excluding hydrogens is 244 g/mol. The highest BCUT2D eigenvalue weighted by molar-refractivity contribution is 5.76. The predicted octanol–water partition coefficient (Wildman–Crippen LogP) is 4.04. The third kappa shape index (κ3) is 1.37. The fourth-order valence-electron chi connectivity index (χ4n) is 6.00. The lowest BCUT2D eigenvalue weighted by Crippen LogP contribution is -2.49. The van der Waals surface area contributed by atoms with Crippen molar-refractivity contribution in [1.29, 1.82) is 0 Å². The summed E-state index contributed by atoms with van der Waals surface area (Å²) in [4.78, 5) is 5.07. The van der Waals surface area contributed by atoms with Gasteiger partial charge in [0.1, 0.15) is 5.82 Å². The highest BCUT2D eigenvalue weighted by atomic mass is 15.1. The molecule has 2 aromatic rings. The molecule has 4 saturated carbocycles. The second-order valence-corrected chi connectivity index (χ2v) is 7.68. The van der Waals surface area contributed by atoms with Crippen LogP contribution >= 0.6 is 0 Å². The first-order chi connectivity index (χ1) is 9.73. The highest BCUT2D eigenvalue weighted by Crippen LogP contribution is 2.60. The fraction of sp³-hybridized carbons (Fsp3) is 0.611. The number of rotatable bonds is 1. The molecular formula is C18H22N2. The van der Waals surface area contributed by atoms with E-state index in [-0.39, 0.29) is 0 Å². The zero-order chi connectivity index (χ0) is 13.3. The summed E-state index contributed by atoms with van der Waals surface area (Å²) in [6.07, 6.45) is 8.71. The molecule has 0 spiro atoms. The molecule has 4 bridgehead atoms. The van der Waals surface area contributed by atoms with Gasteiger partial charge >= 0.3 is 0 Å². The molecule has 1 heterocycles. The largest absolute Gasteiger partial charge is 0.331 e. The Morgan fingerprint density at radius 3 is 2.20 bits per heavy atom. The standard InChI is InChI=1S/C18H22N2/c1-20-16-5-3-2-4-15(16)19-17(20)18-9-12-6-13(10-18)8-14(7-12)11-18/h2-5,12-14H,6-11H2,1H3. The average molecular weight is 266 g/mol. The van der Waals surface area contributed by atoms with E-state index in [0.29, 0.717) is 5.41 Å². The summed E-state index contributed by atoms with van der Waals surface area (Å²) in [5.41, 5.74) is 2.89. The van der Waals surface area contributed by atoms with Crippen molar-refractivity contribution in [2.24, 2.45) is 24.8 Å². The molecule has 1 aromatic heterocycles. The van der Waals surface area contributed by atoms with Gasteiger partial charge in [-0.2, -0.15) is 0 Å². The molecule has 0 saturated heterocycles. The zero-order valence-electron chi connectivity index (χ0n) is 12.2. The first kappa shape index (κ1) is 11.4. The maximum absolute atomic E-state index is 5.07. The molecule has 6 rings (SSSR count). The second-order valence-electron chi connectivity index (χ2n) is 7.68. The van der Waals surface area contributed by atoms with Gasteiger partial charge in [-0.25, -0.2) is 4.98 Å². The molecule has 0 radical (unpaired) electrons. The predicted molar refractivity (Wildman–Crippen MR) is 80.6 cm³/mol. The minimum absolute atomic E-state index is 0.405. The third-order valence-electron chi connectivity index (χ3n) is 6.30. The van der Waals surface area contributed by atoms with Gasteiger partial charge in [0.25, 0.3) is 0 Å². The molecule has 4 aliphatic rings. The van der Waals surface area contributed by atoms with Gasteiger partial charge in [0.15, 0.2) is 0 Å². The van der Waals surface area contributed by atoms with E-state index in [2.05, 4.69) is 35.9 Å². The minimum atomic E-state index is 0.405. The smallest absolute Gasteiger partial charge is 0.115 e. The first-order valence-electron chi connectivity index (χ1n) is 8.15. The summed E-state index contributed by atoms with van der Waals surface area (Å²) in [7, 11) is 2.23. The van der Waals surface area contributed by atoms with Crippen molar-refractivity contribution < 1.29 is 0 Å². The Morgan fingerprint density at radius 2 is 1.60 bits per heavy atom. The van der Waals surface area contributed by atoms with Gasteiger partial charge in [-0.3, -0.25) is 0 Å². The van der Waals surface area contributed by atoms with Crippen molar-refractivity contribution in [3.63, 3.8) is 0 Å². The monoisotopic (exact) mass is 266 g/mol. The summed E-state index contributed by atoms with van der Waals surface area (Å²) in [6, 6.07) is 8.62. The summed E-state index contributed by atoms with van der Waals surface area (Å²) < 4.78 is 2.39. The van der Waals surface area contributed by atoms with Gasteiger partial charge in [-0.15, -0.1) is 0 Å². The second kappa shape index (κ2) is 3.66. The Kier molecular flexibility index (Phi) is 2.08. The average Bonchev–Trinajstić information content (AvgIpc) is 2.76. The number of aromatic nitrogens is 2. The molecule has 20 heavy (non-hydrogen) atoms. The Bertz CT molecular complexity index is 646. The van der Waals surface area contributed by atoms with Crippen LogP contribution in [0.4, 0.5) is 0 Å². The van der Waals surface area contributed by atoms with Crippen LogP contribution in [0.25, 0.3) is 11.0 Å². The van der Waals surface area contributed by atoms with Crippen molar-refractivity contribution >= 4 is 11.0 Å². The summed E-state index contributed by atoms with van der Waals surface area (Å²) >= 11 is 0. The molecule has 0 aliphatic heterocycles. The Balaban J connectivity index is 1.69. The highest BCUT2D eigenvalue weighted by Gasteiger charge is 2.53. The number of hydrogen-bond donors (Lipinski definition) is 0. The van der Waals surface area contributed by atoms with Crippen molar-refractivity contribution in [2.45, 2.75) is 43.9 Å². The number of nitrogens with zero attached hydrogens (tertiary/aromatic N) is 2. The van der Waals surface area contributed by atoms with Crippen LogP contribution in [0.3, 0.4) is 0 Å². The molecule has 4 aliphatic carbocycles. The van der Waals surface area contributed by atoms with E-state index in [4.69, 9.17) is 4.98 Å². The van der Waals surface area contributed by atoms with Crippen LogP contribution in [0.15, 0.2) is 24.3 Å². The molecule has 2 nitrogen and oxygen atoms in total. The minimum Gasteiger partial charge on any atom is -0.331 e. The van der Waals surface area contributed by atoms with E-state index in [1.165, 1.54) is 55.4 Å². The van der Waals surface area contributed by atoms with Crippen LogP contribution in [-0.4, -0.2) is 9.55 Å². The van der Waals surface area contributed by atoms with Crippen LogP contribution in [0.5, 0.6) is 0 Å². The maximum atomic E-state index is 5.07. The molecule has 0 N–H and O–H groups in total. The van der Waals surface area contributed by atoms with Crippen LogP contribution in [0.2, 0.25) is 0 Å². The summed E-state index contributed by atoms with van der Waals surface area (Å²) in [5, 5.41) is 0. The van der Waals surface area contributed by atoms with E-state index in [9.17, 15) is 0 Å². The summed E-state index contributed by atoms with van der Waals surface area (Å²) in [6.45, 7) is 0. The zero-order valence-corrected chi connectivity index (χ0v) is 12.2. The summed E-state index contributed by atoms with van der Waals surface area (Å²) in [5.74, 6) is 4.35. The van der Waals surface area contributed by atoms with E-state index in [0.717, 1.165) is 17.8 Å². The van der Waals surface area contributed by atoms with Crippen LogP contribution in [-0.2, 0) is 12.5 Å². The molecule has 0 atom stereocenters. The van der Waals surface area contributed by atoms with Gasteiger partial charge in [0, 0.05) is 12.5 Å². The van der Waals surface area contributed by atoms with Crippen molar-refractivity contribution in [3.8, 4) is 0 Å². The molecule has 104 valence electrons. The Labute approximate surface area is 120 Å². The van der Waals surface area contributed by atoms with Gasteiger partial charge in [0.2, 0.25) is 0 Å². The first-order valence-corrected chi connectivity index (χ1v) is 8.15. The van der Waals surface area contributed by atoms with E-state index in [1.807, 2.05) is 0 Å². The topological polar surface area (TPSA) is 17.8 Å². The van der Waals surface area contributed by atoms with Gasteiger partial charge in [0.05, 0.1) is 11.0 Å². The maximum Gasteiger partial charge on any atom is 0.115 e. The van der Waals surface area contributed by atoms with Crippen LogP contribution in [0, 0.1) is 17.8 Å². The fourth-order valence-corrected chi connectivity index (χ4v) is 6.00. The van der Waals surface area contributed by atoms with Crippen molar-refractivity contribution in [1.82, 2.24) is 9.55 Å². The lowest BCUT2D eigenvalue weighted by Gasteiger charge is -2.56. The number of fused-ring (bicyclic) bond motifs is 1. The molecule has 0 amide bonds. The van der Waals surface area contributed by atoms with Crippen LogP contribution in [0.1, 0.15) is 44.3 Å². The Hall–Kier alpha value is -1.31. The van der Waals surface area contributed by atoms with Gasteiger partial charge in [-0.1, -0.05) is 12.1 Å². The molecule has 4 fully saturated rings. The van der Waals surface area contributed by atoms with E-state index < -0.39 is 0 Å². The van der Waals surface area contributed by atoms with Crippen LogP contribution < -0.4 is 0 Å². The quantitative estimate of drug-likeness (QED) is 0.761. The number of hydrogen-bond acceptors (Lipinski definition) is 1. The normalized spacial score (nSPS) is 38.8. The number of aryl methyl sites for hydroxylation is 1. The number of para-hydroxylation sites is 2. The SMILES string of the molecule is Cn1c(C23CC4CC(CC(C4)C2)C3)nc2ccccc21. The van der Waals surface area contributed by atoms with Gasteiger partial charge < -0.3 is 4.57 Å². The van der Waals surface area contributed by atoms with Gasteiger partial charge in [-0.05, 0) is 68.4 Å². The van der Waals surface area contributed by atoms with E-state index >= 15 is 0 Å². The van der Waals surface area contributed by atoms with Crippen molar-refractivity contribution in [2.75, 3.05) is 0 Å². The number of benzene rings is 1. The molecule has 2 heteroatoms. The Morgan fingerprint density at radius 1 is 1.00 bits per heavy atom. The molecule has 0 unspecified atom stereocenters. The molecule has 1 aromatic carbocycles. The lowest BCUT2D eigenvalue weighted by atomic mass is 9.49. The number of imidazole rings is 1. The lowest BCUT2D eigenvalue weighted by molar-refractivity contribution is -0.0104. The van der Waals surface area contributed by atoms with Crippen molar-refractivity contribution in [3.05, 3.63) is 30.1 Å².